The summed E-state index contributed by atoms with van der Waals surface area (Å²) in [6, 6.07) is 18.3. The van der Waals surface area contributed by atoms with Gasteiger partial charge in [0.25, 0.3) is 0 Å². The third-order valence-electron chi connectivity index (χ3n) is 4.91. The van der Waals surface area contributed by atoms with E-state index >= 15 is 0 Å². The summed E-state index contributed by atoms with van der Waals surface area (Å²) in [4.78, 5) is 0. The van der Waals surface area contributed by atoms with Gasteiger partial charge in [0.05, 0.1) is 17.8 Å². The van der Waals surface area contributed by atoms with Gasteiger partial charge in [0.15, 0.2) is 0 Å². The van der Waals surface area contributed by atoms with Crippen LogP contribution in [0.2, 0.25) is 0 Å². The Morgan fingerprint density at radius 2 is 1.42 bits per heavy atom. The lowest BCUT2D eigenvalue weighted by atomic mass is 9.79. The Balaban J connectivity index is 1.56. The van der Waals surface area contributed by atoms with Crippen molar-refractivity contribution in [3.05, 3.63) is 60.2 Å². The molecule has 2 aromatic rings. The highest BCUT2D eigenvalue weighted by Gasteiger charge is 2.51. The second-order valence-corrected chi connectivity index (χ2v) is 7.24. The molecule has 4 heteroatoms. The van der Waals surface area contributed by atoms with E-state index in [2.05, 4.69) is 52.0 Å². The highest BCUT2D eigenvalue weighted by Crippen LogP contribution is 2.36. The molecule has 2 aromatic carbocycles. The van der Waals surface area contributed by atoms with Gasteiger partial charge in [0, 0.05) is 6.42 Å². The number of hydrogen-bond donors (Lipinski definition) is 0. The zero-order valence-electron chi connectivity index (χ0n) is 14.9. The largest absolute Gasteiger partial charge is 0.494 e. The molecule has 0 bridgehead atoms. The lowest BCUT2D eigenvalue weighted by molar-refractivity contribution is 0.00578. The molecule has 126 valence electrons. The summed E-state index contributed by atoms with van der Waals surface area (Å²) in [5.41, 5.74) is 1.67. The lowest BCUT2D eigenvalue weighted by Crippen LogP contribution is -2.41. The van der Waals surface area contributed by atoms with Crippen LogP contribution in [0, 0.1) is 0 Å². The minimum absolute atomic E-state index is 0.317. The summed E-state index contributed by atoms with van der Waals surface area (Å²) in [5, 5.41) is 0. The maximum atomic E-state index is 6.07. The van der Waals surface area contributed by atoms with Gasteiger partial charge in [-0.3, -0.25) is 0 Å². The third kappa shape index (κ3) is 3.65. The normalized spacial score (nSPS) is 18.6. The lowest BCUT2D eigenvalue weighted by Gasteiger charge is -2.32. The van der Waals surface area contributed by atoms with Crippen molar-refractivity contribution in [2.75, 3.05) is 6.61 Å². The molecule has 24 heavy (non-hydrogen) atoms. The zero-order chi connectivity index (χ0) is 17.2. The van der Waals surface area contributed by atoms with Gasteiger partial charge >= 0.3 is 7.12 Å². The van der Waals surface area contributed by atoms with Gasteiger partial charge in [-0.1, -0.05) is 42.5 Å². The summed E-state index contributed by atoms with van der Waals surface area (Å²) in [7, 11) is -0.326. The van der Waals surface area contributed by atoms with Crippen LogP contribution in [0.5, 0.6) is 5.75 Å². The molecule has 1 fully saturated rings. The van der Waals surface area contributed by atoms with Crippen molar-refractivity contribution in [1.29, 1.82) is 0 Å². The average Bonchev–Trinajstić information content (AvgIpc) is 2.77. The Kier molecular flexibility index (Phi) is 4.70. The molecule has 1 aliphatic heterocycles. The van der Waals surface area contributed by atoms with Crippen molar-refractivity contribution >= 4 is 12.6 Å². The molecule has 0 unspecified atom stereocenters. The maximum absolute atomic E-state index is 6.07. The molecule has 1 aliphatic rings. The average molecular weight is 324 g/mol. The van der Waals surface area contributed by atoms with Gasteiger partial charge < -0.3 is 14.0 Å². The van der Waals surface area contributed by atoms with Crippen molar-refractivity contribution in [2.24, 2.45) is 0 Å². The molecule has 0 atom stereocenters. The van der Waals surface area contributed by atoms with E-state index in [1.807, 2.05) is 30.3 Å². The Morgan fingerprint density at radius 3 is 2.00 bits per heavy atom. The molecular formula is C20H25BO3. The van der Waals surface area contributed by atoms with Gasteiger partial charge in [0.2, 0.25) is 0 Å². The summed E-state index contributed by atoms with van der Waals surface area (Å²) in [5.74, 6) is 0.867. The molecule has 3 rings (SSSR count). The maximum Gasteiger partial charge on any atom is 0.494 e. The number of ether oxygens (including phenoxy) is 1. The first-order valence-corrected chi connectivity index (χ1v) is 8.50. The fourth-order valence-corrected chi connectivity index (χ4v) is 2.63. The van der Waals surface area contributed by atoms with Crippen LogP contribution in [-0.2, 0) is 15.7 Å². The van der Waals surface area contributed by atoms with E-state index in [9.17, 15) is 0 Å². The van der Waals surface area contributed by atoms with Crippen molar-refractivity contribution in [3.8, 4) is 5.75 Å². The number of rotatable bonds is 5. The molecule has 0 saturated carbocycles. The van der Waals surface area contributed by atoms with Crippen LogP contribution in [0.25, 0.3) is 0 Å². The van der Waals surface area contributed by atoms with Crippen LogP contribution < -0.4 is 10.2 Å². The van der Waals surface area contributed by atoms with E-state index in [4.69, 9.17) is 14.0 Å². The Hall–Kier alpha value is -1.78. The van der Waals surface area contributed by atoms with Crippen LogP contribution in [0.3, 0.4) is 0 Å². The van der Waals surface area contributed by atoms with E-state index < -0.39 is 0 Å². The van der Waals surface area contributed by atoms with E-state index in [0.717, 1.165) is 17.6 Å². The van der Waals surface area contributed by atoms with E-state index in [-0.39, 0.29) is 18.3 Å². The molecule has 0 aromatic heterocycles. The summed E-state index contributed by atoms with van der Waals surface area (Å²) >= 11 is 0. The van der Waals surface area contributed by atoms with Gasteiger partial charge in [-0.15, -0.1) is 0 Å². The first-order chi connectivity index (χ1) is 11.4. The van der Waals surface area contributed by atoms with Crippen molar-refractivity contribution in [2.45, 2.75) is 45.3 Å². The quantitative estimate of drug-likeness (QED) is 0.787. The third-order valence-corrected chi connectivity index (χ3v) is 4.91. The monoisotopic (exact) mass is 324 g/mol. The van der Waals surface area contributed by atoms with Gasteiger partial charge in [0.1, 0.15) is 5.75 Å². The standard InChI is InChI=1S/C20H25BO3/c1-19(2)20(3,4)24-21(23-19)17-10-12-18(13-11-17)22-15-14-16-8-6-5-7-9-16/h5-13H,14-15H2,1-4H3. The number of benzene rings is 2. The first kappa shape index (κ1) is 17.1. The van der Waals surface area contributed by atoms with Crippen LogP contribution in [0.15, 0.2) is 54.6 Å². The molecule has 0 radical (unpaired) electrons. The highest BCUT2D eigenvalue weighted by atomic mass is 16.7. The molecular weight excluding hydrogens is 299 g/mol. The fourth-order valence-electron chi connectivity index (χ4n) is 2.63. The SMILES string of the molecule is CC1(C)OB(c2ccc(OCCc3ccccc3)cc2)OC1(C)C. The van der Waals surface area contributed by atoms with Crippen LogP contribution >= 0.6 is 0 Å². The Labute approximate surface area is 145 Å². The molecule has 1 saturated heterocycles. The minimum Gasteiger partial charge on any atom is -0.493 e. The van der Waals surface area contributed by atoms with Crippen molar-refractivity contribution < 1.29 is 14.0 Å². The molecule has 0 aliphatic carbocycles. The topological polar surface area (TPSA) is 27.7 Å². The molecule has 3 nitrogen and oxygen atoms in total. The highest BCUT2D eigenvalue weighted by molar-refractivity contribution is 6.62. The van der Waals surface area contributed by atoms with E-state index in [1.165, 1.54) is 5.56 Å². The molecule has 0 spiro atoms. The molecule has 1 heterocycles. The van der Waals surface area contributed by atoms with E-state index in [0.29, 0.717) is 6.61 Å². The van der Waals surface area contributed by atoms with Crippen LogP contribution in [-0.4, -0.2) is 24.9 Å². The Bertz CT molecular complexity index is 649. The van der Waals surface area contributed by atoms with Crippen molar-refractivity contribution in [3.63, 3.8) is 0 Å². The minimum atomic E-state index is -0.326. The second-order valence-electron chi connectivity index (χ2n) is 7.24. The molecule has 0 N–H and O–H groups in total. The fraction of sp³-hybridized carbons (Fsp3) is 0.400. The summed E-state index contributed by atoms with van der Waals surface area (Å²) in [6.45, 7) is 8.92. The Morgan fingerprint density at radius 1 is 0.833 bits per heavy atom. The van der Waals surface area contributed by atoms with Crippen LogP contribution in [0.1, 0.15) is 33.3 Å². The van der Waals surface area contributed by atoms with Crippen molar-refractivity contribution in [1.82, 2.24) is 0 Å². The van der Waals surface area contributed by atoms with E-state index in [1.54, 1.807) is 0 Å². The smallest absolute Gasteiger partial charge is 0.493 e. The van der Waals surface area contributed by atoms with Gasteiger partial charge in [-0.2, -0.15) is 0 Å². The molecule has 0 amide bonds. The summed E-state index contributed by atoms with van der Waals surface area (Å²) in [6.07, 6.45) is 0.903. The van der Waals surface area contributed by atoms with Crippen LogP contribution in [0.4, 0.5) is 0 Å². The predicted molar refractivity (Wildman–Crippen MR) is 97.8 cm³/mol. The summed E-state index contributed by atoms with van der Waals surface area (Å²) < 4.78 is 18.0. The predicted octanol–water partition coefficient (Wildman–Crippen LogP) is 3.61. The van der Waals surface area contributed by atoms with Gasteiger partial charge in [-0.25, -0.2) is 0 Å². The first-order valence-electron chi connectivity index (χ1n) is 8.50. The van der Waals surface area contributed by atoms with Gasteiger partial charge in [-0.05, 0) is 50.9 Å². The second kappa shape index (κ2) is 6.62. The zero-order valence-corrected chi connectivity index (χ0v) is 14.9. The number of hydrogen-bond acceptors (Lipinski definition) is 3.